The molecule has 0 fully saturated rings. The van der Waals surface area contributed by atoms with Crippen molar-refractivity contribution in [3.05, 3.63) is 59.8 Å². The van der Waals surface area contributed by atoms with Gasteiger partial charge in [-0.05, 0) is 18.2 Å². The Hall–Kier alpha value is -4.06. The van der Waals surface area contributed by atoms with E-state index < -0.39 is 5.82 Å². The number of nitriles is 1. The van der Waals surface area contributed by atoms with Gasteiger partial charge < -0.3 is 11.5 Å². The number of pyridine rings is 1. The van der Waals surface area contributed by atoms with Gasteiger partial charge in [0.1, 0.15) is 11.9 Å². The Bertz CT molecular complexity index is 1210. The second-order valence-electron chi connectivity index (χ2n) is 5.89. The molecule has 4 N–H and O–H groups in total. The fourth-order valence-corrected chi connectivity index (χ4v) is 2.79. The van der Waals surface area contributed by atoms with Crippen LogP contribution in [0.1, 0.15) is 11.1 Å². The molecule has 1 aromatic carbocycles. The number of anilines is 2. The van der Waals surface area contributed by atoms with Crippen LogP contribution in [0.4, 0.5) is 16.0 Å². The van der Waals surface area contributed by atoms with Gasteiger partial charge >= 0.3 is 0 Å². The van der Waals surface area contributed by atoms with Crippen molar-refractivity contribution in [2.75, 3.05) is 11.5 Å². The number of benzene rings is 1. The van der Waals surface area contributed by atoms with Crippen molar-refractivity contribution in [1.82, 2.24) is 24.7 Å². The lowest BCUT2D eigenvalue weighted by molar-refractivity contribution is 0.590. The van der Waals surface area contributed by atoms with Gasteiger partial charge in [0.05, 0.1) is 29.4 Å². The van der Waals surface area contributed by atoms with Crippen molar-refractivity contribution < 1.29 is 4.39 Å². The van der Waals surface area contributed by atoms with Gasteiger partial charge in [-0.15, -0.1) is 0 Å². The van der Waals surface area contributed by atoms with Crippen LogP contribution in [0.3, 0.4) is 0 Å². The van der Waals surface area contributed by atoms with Crippen molar-refractivity contribution >= 4 is 22.7 Å². The molecule has 0 atom stereocenters. The largest absolute Gasteiger partial charge is 0.399 e. The maximum atomic E-state index is 14.1. The SMILES string of the molecule is N#Cc1cncc(-c2nc(N)nc3c2cnn3Cc2ccc(N)cc2F)c1. The Labute approximate surface area is 152 Å². The first-order valence-electron chi connectivity index (χ1n) is 7.93. The molecule has 0 saturated heterocycles. The molecule has 3 aromatic heterocycles. The Kier molecular flexibility index (Phi) is 3.86. The zero-order chi connectivity index (χ0) is 19.0. The minimum absolute atomic E-state index is 0.0411. The maximum Gasteiger partial charge on any atom is 0.222 e. The second-order valence-corrected chi connectivity index (χ2v) is 5.89. The quantitative estimate of drug-likeness (QED) is 0.535. The van der Waals surface area contributed by atoms with E-state index in [2.05, 4.69) is 20.1 Å². The van der Waals surface area contributed by atoms with Crippen LogP contribution in [-0.4, -0.2) is 24.7 Å². The molecule has 132 valence electrons. The highest BCUT2D eigenvalue weighted by Gasteiger charge is 2.15. The van der Waals surface area contributed by atoms with E-state index in [1.54, 1.807) is 30.6 Å². The molecule has 4 rings (SSSR count). The molecule has 0 bridgehead atoms. The first-order chi connectivity index (χ1) is 13.0. The monoisotopic (exact) mass is 360 g/mol. The highest BCUT2D eigenvalue weighted by molar-refractivity contribution is 5.91. The number of fused-ring (bicyclic) bond motifs is 1. The van der Waals surface area contributed by atoms with Gasteiger partial charge in [0, 0.05) is 29.2 Å². The molecule has 3 heterocycles. The lowest BCUT2D eigenvalue weighted by Crippen LogP contribution is -2.06. The van der Waals surface area contributed by atoms with Crippen LogP contribution >= 0.6 is 0 Å². The van der Waals surface area contributed by atoms with Crippen LogP contribution in [0.15, 0.2) is 42.9 Å². The third-order valence-electron chi connectivity index (χ3n) is 4.05. The fraction of sp³-hybridized carbons (Fsp3) is 0.0556. The van der Waals surface area contributed by atoms with Crippen LogP contribution in [-0.2, 0) is 6.54 Å². The Morgan fingerprint density at radius 2 is 1.96 bits per heavy atom. The summed E-state index contributed by atoms with van der Waals surface area (Å²) in [5.41, 5.74) is 14.2. The third kappa shape index (κ3) is 3.00. The minimum atomic E-state index is -0.424. The number of nitrogen functional groups attached to an aromatic ring is 2. The lowest BCUT2D eigenvalue weighted by Gasteiger charge is -2.07. The number of hydrogen-bond donors (Lipinski definition) is 2. The number of halogens is 1. The molecule has 0 aliphatic carbocycles. The number of nitrogens with zero attached hydrogens (tertiary/aromatic N) is 6. The van der Waals surface area contributed by atoms with Gasteiger partial charge in [-0.25, -0.2) is 14.1 Å². The third-order valence-corrected chi connectivity index (χ3v) is 4.05. The van der Waals surface area contributed by atoms with Crippen LogP contribution < -0.4 is 11.5 Å². The van der Waals surface area contributed by atoms with Crippen LogP contribution in [0, 0.1) is 17.1 Å². The van der Waals surface area contributed by atoms with E-state index in [0.29, 0.717) is 39.1 Å². The number of aromatic nitrogens is 5. The van der Waals surface area contributed by atoms with Crippen LogP contribution in [0.25, 0.3) is 22.3 Å². The highest BCUT2D eigenvalue weighted by Crippen LogP contribution is 2.27. The zero-order valence-corrected chi connectivity index (χ0v) is 14.0. The van der Waals surface area contributed by atoms with Crippen LogP contribution in [0.2, 0.25) is 0 Å². The number of nitrogens with two attached hydrogens (primary N) is 2. The van der Waals surface area contributed by atoms with Gasteiger partial charge in [-0.3, -0.25) is 4.98 Å². The second kappa shape index (κ2) is 6.34. The van der Waals surface area contributed by atoms with Crippen molar-refractivity contribution in [3.63, 3.8) is 0 Å². The van der Waals surface area contributed by atoms with E-state index in [1.807, 2.05) is 6.07 Å². The summed E-state index contributed by atoms with van der Waals surface area (Å²) in [6.07, 6.45) is 4.62. The standard InChI is InChI=1S/C18H13FN8/c19-15-4-13(21)2-1-11(15)9-27-17-14(8-24-27)16(25-18(22)26-17)12-3-10(5-20)6-23-7-12/h1-4,6-8H,9,21H2,(H2,22,25,26). The first kappa shape index (κ1) is 16.4. The van der Waals surface area contributed by atoms with Gasteiger partial charge in [0.15, 0.2) is 5.65 Å². The summed E-state index contributed by atoms with van der Waals surface area (Å²) in [6.45, 7) is 0.155. The predicted molar refractivity (Wildman–Crippen MR) is 97.6 cm³/mol. The highest BCUT2D eigenvalue weighted by atomic mass is 19.1. The van der Waals surface area contributed by atoms with E-state index in [0.717, 1.165) is 0 Å². The molecule has 4 aromatic rings. The lowest BCUT2D eigenvalue weighted by atomic mass is 10.1. The van der Waals surface area contributed by atoms with Crippen molar-refractivity contribution in [2.45, 2.75) is 6.54 Å². The molecule has 0 radical (unpaired) electrons. The summed E-state index contributed by atoms with van der Waals surface area (Å²) in [5.74, 6) is -0.383. The summed E-state index contributed by atoms with van der Waals surface area (Å²) >= 11 is 0. The van der Waals surface area contributed by atoms with Gasteiger partial charge in [0.25, 0.3) is 0 Å². The Morgan fingerprint density at radius 1 is 1.11 bits per heavy atom. The van der Waals surface area contributed by atoms with Crippen molar-refractivity contribution in [3.8, 4) is 17.3 Å². The molecule has 9 heteroatoms. The topological polar surface area (TPSA) is 132 Å². The minimum Gasteiger partial charge on any atom is -0.399 e. The molecule has 27 heavy (non-hydrogen) atoms. The van der Waals surface area contributed by atoms with Gasteiger partial charge in [0.2, 0.25) is 5.95 Å². The Morgan fingerprint density at radius 3 is 2.74 bits per heavy atom. The first-order valence-corrected chi connectivity index (χ1v) is 7.93. The van der Waals surface area contributed by atoms with E-state index in [9.17, 15) is 4.39 Å². The van der Waals surface area contributed by atoms with E-state index >= 15 is 0 Å². The molecular formula is C18H13FN8. The van der Waals surface area contributed by atoms with Crippen molar-refractivity contribution in [1.29, 1.82) is 5.26 Å². The molecule has 8 nitrogen and oxygen atoms in total. The summed E-state index contributed by atoms with van der Waals surface area (Å²) in [6, 6.07) is 8.18. The van der Waals surface area contributed by atoms with Crippen LogP contribution in [0.5, 0.6) is 0 Å². The summed E-state index contributed by atoms with van der Waals surface area (Å²) in [4.78, 5) is 12.6. The molecule has 0 aliphatic heterocycles. The van der Waals surface area contributed by atoms with E-state index in [1.165, 1.54) is 16.9 Å². The molecule has 0 aliphatic rings. The van der Waals surface area contributed by atoms with E-state index in [4.69, 9.17) is 16.7 Å². The molecule has 0 saturated carbocycles. The maximum absolute atomic E-state index is 14.1. The molecule has 0 unspecified atom stereocenters. The fourth-order valence-electron chi connectivity index (χ4n) is 2.79. The molecule has 0 spiro atoms. The summed E-state index contributed by atoms with van der Waals surface area (Å²) in [5, 5.41) is 14.0. The Balaban J connectivity index is 1.84. The van der Waals surface area contributed by atoms with Gasteiger partial charge in [-0.2, -0.15) is 15.3 Å². The van der Waals surface area contributed by atoms with E-state index in [-0.39, 0.29) is 12.5 Å². The zero-order valence-electron chi connectivity index (χ0n) is 14.0. The molecular weight excluding hydrogens is 347 g/mol. The van der Waals surface area contributed by atoms with Crippen molar-refractivity contribution in [2.24, 2.45) is 0 Å². The average molecular weight is 360 g/mol. The average Bonchev–Trinajstić information content (AvgIpc) is 3.06. The predicted octanol–water partition coefficient (Wildman–Crippen LogP) is 2.11. The molecule has 0 amide bonds. The number of hydrogen-bond acceptors (Lipinski definition) is 7. The van der Waals surface area contributed by atoms with Gasteiger partial charge in [-0.1, -0.05) is 6.07 Å². The number of rotatable bonds is 3. The smallest absolute Gasteiger partial charge is 0.222 e. The summed E-state index contributed by atoms with van der Waals surface area (Å²) in [7, 11) is 0. The normalized spacial score (nSPS) is 10.8. The summed E-state index contributed by atoms with van der Waals surface area (Å²) < 4.78 is 15.7.